The van der Waals surface area contributed by atoms with Gasteiger partial charge in [0, 0.05) is 17.3 Å². The van der Waals surface area contributed by atoms with Crippen LogP contribution in [0.4, 0.5) is 5.82 Å². The highest BCUT2D eigenvalue weighted by Gasteiger charge is 2.17. The summed E-state index contributed by atoms with van der Waals surface area (Å²) in [6, 6.07) is 21.3. The van der Waals surface area contributed by atoms with E-state index < -0.39 is 0 Å². The average Bonchev–Trinajstić information content (AvgIpc) is 3.00. The first-order chi connectivity index (χ1) is 12.6. The molecule has 0 aliphatic heterocycles. The van der Waals surface area contributed by atoms with Gasteiger partial charge in [-0.1, -0.05) is 41.5 Å². The van der Waals surface area contributed by atoms with E-state index >= 15 is 0 Å². The van der Waals surface area contributed by atoms with Crippen LogP contribution in [0.3, 0.4) is 0 Å². The summed E-state index contributed by atoms with van der Waals surface area (Å²) in [7, 11) is 0. The minimum absolute atomic E-state index is 0.151. The lowest BCUT2D eigenvalue weighted by atomic mass is 10.0. The number of carbonyl (C=O) groups is 1. The Bertz CT molecular complexity index is 1080. The van der Waals surface area contributed by atoms with Crippen molar-refractivity contribution >= 4 is 17.4 Å². The molecular formula is C22H19N3O. The number of benzene rings is 2. The van der Waals surface area contributed by atoms with Gasteiger partial charge in [-0.25, -0.2) is 4.98 Å². The van der Waals surface area contributed by atoms with E-state index in [9.17, 15) is 4.79 Å². The molecule has 0 fully saturated rings. The first kappa shape index (κ1) is 16.1. The molecular weight excluding hydrogens is 322 g/mol. The quantitative estimate of drug-likeness (QED) is 0.578. The Morgan fingerprint density at radius 2 is 1.62 bits per heavy atom. The van der Waals surface area contributed by atoms with Crippen LogP contribution in [-0.4, -0.2) is 15.3 Å². The molecule has 0 saturated heterocycles. The number of rotatable bonds is 3. The highest BCUT2D eigenvalue weighted by molar-refractivity contribution is 6.05. The predicted octanol–water partition coefficient (Wildman–Crippen LogP) is 4.87. The second kappa shape index (κ2) is 6.48. The first-order valence-corrected chi connectivity index (χ1v) is 8.54. The Labute approximate surface area is 152 Å². The number of fused-ring (bicyclic) bond motifs is 1. The van der Waals surface area contributed by atoms with Crippen LogP contribution in [0.15, 0.2) is 72.9 Å². The highest BCUT2D eigenvalue weighted by atomic mass is 16.1. The van der Waals surface area contributed by atoms with Crippen LogP contribution in [0.25, 0.3) is 16.9 Å². The van der Waals surface area contributed by atoms with Crippen LogP contribution in [0.1, 0.15) is 21.5 Å². The number of hydrogen-bond donors (Lipinski definition) is 1. The van der Waals surface area contributed by atoms with E-state index in [0.29, 0.717) is 11.4 Å². The molecule has 0 aliphatic rings. The molecule has 0 aliphatic carbocycles. The Hall–Kier alpha value is -3.40. The molecule has 4 heteroatoms. The zero-order chi connectivity index (χ0) is 18.1. The van der Waals surface area contributed by atoms with Gasteiger partial charge in [-0.15, -0.1) is 0 Å². The summed E-state index contributed by atoms with van der Waals surface area (Å²) in [5.41, 5.74) is 5.51. The van der Waals surface area contributed by atoms with Gasteiger partial charge < -0.3 is 5.32 Å². The number of aryl methyl sites for hydroxylation is 2. The third-order valence-corrected chi connectivity index (χ3v) is 4.29. The molecule has 128 valence electrons. The van der Waals surface area contributed by atoms with Gasteiger partial charge in [0.15, 0.2) is 0 Å². The van der Waals surface area contributed by atoms with Crippen molar-refractivity contribution in [1.29, 1.82) is 0 Å². The summed E-state index contributed by atoms with van der Waals surface area (Å²) in [4.78, 5) is 17.5. The number of nitrogens with one attached hydrogen (secondary N) is 1. The van der Waals surface area contributed by atoms with Gasteiger partial charge in [-0.2, -0.15) is 0 Å². The van der Waals surface area contributed by atoms with Crippen LogP contribution in [0.5, 0.6) is 0 Å². The average molecular weight is 341 g/mol. The molecule has 4 aromatic rings. The van der Waals surface area contributed by atoms with Gasteiger partial charge in [0.05, 0.1) is 0 Å². The molecule has 26 heavy (non-hydrogen) atoms. The van der Waals surface area contributed by atoms with Crippen molar-refractivity contribution in [3.63, 3.8) is 0 Å². The normalized spacial score (nSPS) is 10.8. The van der Waals surface area contributed by atoms with E-state index in [1.54, 1.807) is 12.1 Å². The summed E-state index contributed by atoms with van der Waals surface area (Å²) in [5.74, 6) is 0.529. The molecule has 0 spiro atoms. The smallest absolute Gasteiger partial charge is 0.256 e. The number of pyridine rings is 1. The Kier molecular flexibility index (Phi) is 4.01. The Morgan fingerprint density at radius 3 is 2.35 bits per heavy atom. The lowest BCUT2D eigenvalue weighted by Gasteiger charge is -2.09. The molecule has 2 aromatic heterocycles. The van der Waals surface area contributed by atoms with E-state index in [4.69, 9.17) is 4.98 Å². The van der Waals surface area contributed by atoms with Gasteiger partial charge in [0.2, 0.25) is 0 Å². The monoisotopic (exact) mass is 341 g/mol. The molecule has 1 N–H and O–H groups in total. The zero-order valence-corrected chi connectivity index (χ0v) is 14.7. The molecule has 4 rings (SSSR count). The van der Waals surface area contributed by atoms with Crippen molar-refractivity contribution in [3.05, 3.63) is 89.6 Å². The van der Waals surface area contributed by atoms with Crippen molar-refractivity contribution in [1.82, 2.24) is 9.38 Å². The van der Waals surface area contributed by atoms with Crippen LogP contribution in [0, 0.1) is 13.8 Å². The number of nitrogens with zero attached hydrogens (tertiary/aromatic N) is 2. The summed E-state index contributed by atoms with van der Waals surface area (Å²) < 4.78 is 1.91. The highest BCUT2D eigenvalue weighted by Crippen LogP contribution is 2.30. The third-order valence-electron chi connectivity index (χ3n) is 4.29. The number of anilines is 1. The maximum absolute atomic E-state index is 12.7. The zero-order valence-electron chi connectivity index (χ0n) is 14.7. The Balaban J connectivity index is 1.86. The van der Waals surface area contributed by atoms with Crippen molar-refractivity contribution < 1.29 is 4.79 Å². The number of carbonyl (C=O) groups excluding carboxylic acids is 1. The standard InChI is InChI=1S/C22H19N3O/c1-15-12-16(2)14-18(13-15)20-21(25-11-7-6-10-19(25)23-20)24-22(26)17-8-4-3-5-9-17/h3-14H,1-2H3,(H,24,26). The molecule has 0 saturated carbocycles. The topological polar surface area (TPSA) is 46.4 Å². The summed E-state index contributed by atoms with van der Waals surface area (Å²) >= 11 is 0. The molecule has 0 atom stereocenters. The van der Waals surface area contributed by atoms with Crippen molar-refractivity contribution in [2.24, 2.45) is 0 Å². The fourth-order valence-corrected chi connectivity index (χ4v) is 3.20. The summed E-state index contributed by atoms with van der Waals surface area (Å²) in [5, 5.41) is 3.05. The number of amides is 1. The van der Waals surface area contributed by atoms with E-state index in [-0.39, 0.29) is 5.91 Å². The number of hydrogen-bond acceptors (Lipinski definition) is 2. The minimum Gasteiger partial charge on any atom is -0.306 e. The van der Waals surface area contributed by atoms with Gasteiger partial charge in [-0.05, 0) is 50.2 Å². The Morgan fingerprint density at radius 1 is 0.923 bits per heavy atom. The van der Waals surface area contributed by atoms with Crippen LogP contribution < -0.4 is 5.32 Å². The van der Waals surface area contributed by atoms with Crippen molar-refractivity contribution in [3.8, 4) is 11.3 Å². The van der Waals surface area contributed by atoms with Crippen molar-refractivity contribution in [2.45, 2.75) is 13.8 Å². The maximum Gasteiger partial charge on any atom is 0.256 e. The lowest BCUT2D eigenvalue weighted by molar-refractivity contribution is 0.102. The fraction of sp³-hybridized carbons (Fsp3) is 0.0909. The van der Waals surface area contributed by atoms with Crippen LogP contribution in [-0.2, 0) is 0 Å². The molecule has 0 unspecified atom stereocenters. The third kappa shape index (κ3) is 2.97. The molecule has 4 nitrogen and oxygen atoms in total. The fourth-order valence-electron chi connectivity index (χ4n) is 3.20. The maximum atomic E-state index is 12.7. The van der Waals surface area contributed by atoms with Crippen LogP contribution >= 0.6 is 0 Å². The second-order valence-corrected chi connectivity index (χ2v) is 6.43. The SMILES string of the molecule is Cc1cc(C)cc(-c2nc3ccccn3c2NC(=O)c2ccccc2)c1. The van der Waals surface area contributed by atoms with E-state index in [0.717, 1.165) is 28.0 Å². The molecule has 1 amide bonds. The second-order valence-electron chi connectivity index (χ2n) is 6.43. The van der Waals surface area contributed by atoms with Gasteiger partial charge in [-0.3, -0.25) is 9.20 Å². The number of imidazole rings is 1. The van der Waals surface area contributed by atoms with Gasteiger partial charge in [0.1, 0.15) is 17.2 Å². The van der Waals surface area contributed by atoms with Gasteiger partial charge in [0.25, 0.3) is 5.91 Å². The molecule has 2 aromatic carbocycles. The summed E-state index contributed by atoms with van der Waals surface area (Å²) in [6.45, 7) is 4.13. The van der Waals surface area contributed by atoms with E-state index in [1.165, 1.54) is 0 Å². The van der Waals surface area contributed by atoms with Crippen molar-refractivity contribution in [2.75, 3.05) is 5.32 Å². The van der Waals surface area contributed by atoms with E-state index in [1.807, 2.05) is 47.0 Å². The number of aromatic nitrogens is 2. The molecule has 0 bridgehead atoms. The largest absolute Gasteiger partial charge is 0.306 e. The summed E-state index contributed by atoms with van der Waals surface area (Å²) in [6.07, 6.45) is 1.91. The van der Waals surface area contributed by atoms with E-state index in [2.05, 4.69) is 37.4 Å². The first-order valence-electron chi connectivity index (χ1n) is 8.54. The minimum atomic E-state index is -0.151. The van der Waals surface area contributed by atoms with Crippen LogP contribution in [0.2, 0.25) is 0 Å². The van der Waals surface area contributed by atoms with Gasteiger partial charge >= 0.3 is 0 Å². The molecule has 0 radical (unpaired) electrons. The molecule has 2 heterocycles. The lowest BCUT2D eigenvalue weighted by Crippen LogP contribution is -2.13. The predicted molar refractivity (Wildman–Crippen MR) is 104 cm³/mol.